The predicted molar refractivity (Wildman–Crippen MR) is 60.3 cm³/mol. The van der Waals surface area contributed by atoms with E-state index in [4.69, 9.17) is 5.41 Å². The topological polar surface area (TPSA) is 53.4 Å². The molecule has 0 aliphatic carbocycles. The molecule has 0 spiro atoms. The van der Waals surface area contributed by atoms with Gasteiger partial charge in [0.05, 0.1) is 13.5 Å². The van der Waals surface area contributed by atoms with Crippen LogP contribution in [0.25, 0.3) is 0 Å². The van der Waals surface area contributed by atoms with Gasteiger partial charge in [-0.05, 0) is 17.7 Å². The molecule has 0 radical (unpaired) electrons. The number of benzene rings is 1. The summed E-state index contributed by atoms with van der Waals surface area (Å²) in [5.74, 6) is -0.383. The minimum Gasteiger partial charge on any atom is -0.469 e. The third-order valence-electron chi connectivity index (χ3n) is 2.82. The van der Waals surface area contributed by atoms with Crippen molar-refractivity contribution in [1.29, 1.82) is 5.41 Å². The van der Waals surface area contributed by atoms with Crippen LogP contribution in [0.2, 0.25) is 0 Å². The molecule has 0 unspecified atom stereocenters. The van der Waals surface area contributed by atoms with Gasteiger partial charge in [-0.15, -0.1) is 0 Å². The van der Waals surface area contributed by atoms with Gasteiger partial charge in [-0.2, -0.15) is 0 Å². The van der Waals surface area contributed by atoms with Crippen LogP contribution < -0.4 is 0 Å². The molecule has 1 aromatic carbocycles. The van der Waals surface area contributed by atoms with Crippen LogP contribution in [0.4, 0.5) is 4.39 Å². The molecule has 1 heterocycles. The van der Waals surface area contributed by atoms with E-state index in [0.717, 1.165) is 5.56 Å². The van der Waals surface area contributed by atoms with E-state index in [9.17, 15) is 9.18 Å². The molecule has 1 aliphatic heterocycles. The Bertz CT molecular complexity index is 474. The van der Waals surface area contributed by atoms with E-state index >= 15 is 0 Å². The van der Waals surface area contributed by atoms with Gasteiger partial charge in [0.15, 0.2) is 0 Å². The van der Waals surface area contributed by atoms with Crippen molar-refractivity contribution >= 4 is 11.8 Å². The lowest BCUT2D eigenvalue weighted by Crippen LogP contribution is -2.26. The Morgan fingerprint density at radius 1 is 1.59 bits per heavy atom. The second-order valence-electron chi connectivity index (χ2n) is 3.90. The molecule has 1 N–H and O–H groups in total. The summed E-state index contributed by atoms with van der Waals surface area (Å²) in [6.45, 7) is 0.966. The van der Waals surface area contributed by atoms with Crippen molar-refractivity contribution in [2.75, 3.05) is 13.7 Å². The largest absolute Gasteiger partial charge is 0.469 e. The molecule has 0 aromatic heterocycles. The zero-order chi connectivity index (χ0) is 12.4. The highest BCUT2D eigenvalue weighted by Crippen LogP contribution is 2.23. The Morgan fingerprint density at radius 3 is 3.06 bits per heavy atom. The molecular formula is C12H13FN2O2. The standard InChI is InChI=1S/C12H13FN2O2/c1-17-11(16)4-5-15-7-8-2-3-9(13)6-10(8)12(15)14/h2-3,6,14H,4-5,7H2,1H3. The Hall–Kier alpha value is -1.91. The number of carbonyl (C=O) groups excluding carboxylic acids is 1. The summed E-state index contributed by atoms with van der Waals surface area (Å²) in [5, 5.41) is 7.89. The van der Waals surface area contributed by atoms with Gasteiger partial charge in [-0.1, -0.05) is 6.07 Å². The number of nitrogens with zero attached hydrogens (tertiary/aromatic N) is 1. The summed E-state index contributed by atoms with van der Waals surface area (Å²) in [6.07, 6.45) is 0.231. The smallest absolute Gasteiger partial charge is 0.307 e. The van der Waals surface area contributed by atoms with E-state index in [-0.39, 0.29) is 24.0 Å². The number of rotatable bonds is 3. The first-order valence-corrected chi connectivity index (χ1v) is 5.31. The highest BCUT2D eigenvalue weighted by molar-refractivity contribution is 6.00. The van der Waals surface area contributed by atoms with Crippen molar-refractivity contribution < 1.29 is 13.9 Å². The third kappa shape index (κ3) is 2.27. The molecule has 2 rings (SSSR count). The molecule has 5 heteroatoms. The SMILES string of the molecule is COC(=O)CCN1Cc2ccc(F)cc2C1=N. The molecule has 4 nitrogen and oxygen atoms in total. The van der Waals surface area contributed by atoms with Crippen molar-refractivity contribution in [3.63, 3.8) is 0 Å². The number of carbonyl (C=O) groups is 1. The number of halogens is 1. The number of fused-ring (bicyclic) bond motifs is 1. The van der Waals surface area contributed by atoms with Gasteiger partial charge >= 0.3 is 5.97 Å². The molecule has 90 valence electrons. The number of methoxy groups -OCH3 is 1. The van der Waals surface area contributed by atoms with Crippen LogP contribution in [0.3, 0.4) is 0 Å². The van der Waals surface area contributed by atoms with Crippen LogP contribution >= 0.6 is 0 Å². The average Bonchev–Trinajstić information content (AvgIpc) is 2.63. The minimum absolute atomic E-state index is 0.231. The Labute approximate surface area is 98.5 Å². The number of ether oxygens (including phenoxy) is 1. The van der Waals surface area contributed by atoms with Crippen molar-refractivity contribution in [1.82, 2.24) is 4.90 Å². The first kappa shape index (κ1) is 11.6. The first-order chi connectivity index (χ1) is 8.11. The molecule has 17 heavy (non-hydrogen) atoms. The fourth-order valence-electron chi connectivity index (χ4n) is 1.88. The molecule has 0 saturated carbocycles. The van der Waals surface area contributed by atoms with Gasteiger partial charge in [-0.25, -0.2) is 4.39 Å². The normalized spacial score (nSPS) is 13.8. The van der Waals surface area contributed by atoms with Crippen molar-refractivity contribution in [3.05, 3.63) is 35.1 Å². The quantitative estimate of drug-likeness (QED) is 0.810. The lowest BCUT2D eigenvalue weighted by Gasteiger charge is -2.16. The van der Waals surface area contributed by atoms with E-state index in [1.54, 1.807) is 11.0 Å². The fourth-order valence-corrected chi connectivity index (χ4v) is 1.88. The first-order valence-electron chi connectivity index (χ1n) is 5.31. The maximum absolute atomic E-state index is 13.0. The van der Waals surface area contributed by atoms with Crippen molar-refractivity contribution in [2.24, 2.45) is 0 Å². The summed E-state index contributed by atoms with van der Waals surface area (Å²) < 4.78 is 17.6. The van der Waals surface area contributed by atoms with Gasteiger partial charge in [0.2, 0.25) is 0 Å². The maximum atomic E-state index is 13.0. The van der Waals surface area contributed by atoms with Gasteiger partial charge in [0, 0.05) is 18.7 Å². The van der Waals surface area contributed by atoms with Crippen LogP contribution in [0.5, 0.6) is 0 Å². The van der Waals surface area contributed by atoms with Crippen LogP contribution in [0.1, 0.15) is 17.5 Å². The number of hydrogen-bond donors (Lipinski definition) is 1. The van der Waals surface area contributed by atoms with E-state index in [1.165, 1.54) is 19.2 Å². The van der Waals surface area contributed by atoms with Crippen LogP contribution in [0.15, 0.2) is 18.2 Å². The van der Waals surface area contributed by atoms with E-state index in [1.807, 2.05) is 0 Å². The zero-order valence-electron chi connectivity index (χ0n) is 9.50. The van der Waals surface area contributed by atoms with Gasteiger partial charge in [0.1, 0.15) is 11.7 Å². The summed E-state index contributed by atoms with van der Waals surface area (Å²) in [7, 11) is 1.34. The monoisotopic (exact) mass is 236 g/mol. The molecular weight excluding hydrogens is 223 g/mol. The van der Waals surface area contributed by atoms with Gasteiger partial charge in [0.25, 0.3) is 0 Å². The summed E-state index contributed by atoms with van der Waals surface area (Å²) in [6, 6.07) is 4.42. The van der Waals surface area contributed by atoms with Crippen molar-refractivity contribution in [2.45, 2.75) is 13.0 Å². The van der Waals surface area contributed by atoms with E-state index in [0.29, 0.717) is 18.7 Å². The molecule has 0 saturated heterocycles. The number of nitrogens with one attached hydrogen (secondary N) is 1. The lowest BCUT2D eigenvalue weighted by atomic mass is 10.1. The summed E-state index contributed by atoms with van der Waals surface area (Å²) in [4.78, 5) is 12.8. The van der Waals surface area contributed by atoms with Gasteiger partial charge < -0.3 is 9.64 Å². The molecule has 1 aliphatic rings. The maximum Gasteiger partial charge on any atom is 0.307 e. The van der Waals surface area contributed by atoms with E-state index in [2.05, 4.69) is 4.74 Å². The molecule has 1 aromatic rings. The van der Waals surface area contributed by atoms with Crippen molar-refractivity contribution in [3.8, 4) is 0 Å². The van der Waals surface area contributed by atoms with Gasteiger partial charge in [-0.3, -0.25) is 10.2 Å². The van der Waals surface area contributed by atoms with E-state index < -0.39 is 0 Å². The highest BCUT2D eigenvalue weighted by atomic mass is 19.1. The van der Waals surface area contributed by atoms with Crippen LogP contribution in [-0.4, -0.2) is 30.4 Å². The molecule has 0 bridgehead atoms. The molecule has 0 fully saturated rings. The molecule has 0 atom stereocenters. The predicted octanol–water partition coefficient (Wildman–Crippen LogP) is 1.53. The third-order valence-corrected chi connectivity index (χ3v) is 2.82. The van der Waals surface area contributed by atoms with Crippen LogP contribution in [-0.2, 0) is 16.1 Å². The molecule has 0 amide bonds. The lowest BCUT2D eigenvalue weighted by molar-refractivity contribution is -0.140. The average molecular weight is 236 g/mol. The summed E-state index contributed by atoms with van der Waals surface area (Å²) >= 11 is 0. The Balaban J connectivity index is 2.07. The fraction of sp³-hybridized carbons (Fsp3) is 0.333. The zero-order valence-corrected chi connectivity index (χ0v) is 9.50. The number of amidine groups is 1. The minimum atomic E-state index is -0.344. The summed E-state index contributed by atoms with van der Waals surface area (Å²) in [5.41, 5.74) is 1.52. The Morgan fingerprint density at radius 2 is 2.35 bits per heavy atom. The highest BCUT2D eigenvalue weighted by Gasteiger charge is 2.24. The Kier molecular flexibility index (Phi) is 3.08. The second-order valence-corrected chi connectivity index (χ2v) is 3.90. The number of esters is 1. The van der Waals surface area contributed by atoms with Crippen LogP contribution in [0, 0.1) is 11.2 Å². The second kappa shape index (κ2) is 4.53. The number of hydrogen-bond acceptors (Lipinski definition) is 3.